The summed E-state index contributed by atoms with van der Waals surface area (Å²) in [7, 11) is 0. The van der Waals surface area contributed by atoms with E-state index in [4.69, 9.17) is 5.11 Å². The molecule has 1 aromatic carbocycles. The number of benzene rings is 1. The van der Waals surface area contributed by atoms with Crippen molar-refractivity contribution in [2.75, 3.05) is 0 Å². The summed E-state index contributed by atoms with van der Waals surface area (Å²) in [4.78, 5) is 9.87. The molecule has 0 saturated heterocycles. The van der Waals surface area contributed by atoms with Gasteiger partial charge in [0.15, 0.2) is 0 Å². The fourth-order valence-corrected chi connectivity index (χ4v) is 1.00. The minimum absolute atomic E-state index is 0. The van der Waals surface area contributed by atoms with Crippen LogP contribution < -0.4 is 18.9 Å². The first-order valence-corrected chi connectivity index (χ1v) is 5.25. The summed E-state index contributed by atoms with van der Waals surface area (Å²) in [5.74, 6) is -0.682. The van der Waals surface area contributed by atoms with E-state index < -0.39 is 5.97 Å². The molecule has 0 heterocycles. The summed E-state index contributed by atoms with van der Waals surface area (Å²) in [5.41, 5.74) is 1.07. The molecule has 0 atom stereocenters. The quantitative estimate of drug-likeness (QED) is 0.451. The van der Waals surface area contributed by atoms with Crippen molar-refractivity contribution >= 4 is 5.97 Å². The summed E-state index contributed by atoms with van der Waals surface area (Å²) in [6, 6.07) is 9.87. The number of carbonyl (C=O) groups is 1. The summed E-state index contributed by atoms with van der Waals surface area (Å²) < 4.78 is 0. The number of unbranched alkanes of at least 4 members (excludes halogenated alkanes) is 2. The molecule has 0 aliphatic heterocycles. The molecule has 0 unspecified atom stereocenters. The Balaban J connectivity index is 0. The van der Waals surface area contributed by atoms with E-state index in [1.807, 2.05) is 30.3 Å². The fraction of sp³-hybridized carbons (Fsp3) is 0.385. The van der Waals surface area contributed by atoms with Crippen molar-refractivity contribution < 1.29 is 28.8 Å². The zero-order valence-corrected chi connectivity index (χ0v) is 10.3. The second-order valence-electron chi connectivity index (χ2n) is 3.34. The Morgan fingerprint density at radius 1 is 1.25 bits per heavy atom. The Morgan fingerprint density at radius 3 is 2.12 bits per heavy atom. The maximum absolute atomic E-state index is 9.87. The third kappa shape index (κ3) is 13.2. The molecular formula is C13H19LiO2. The minimum Gasteiger partial charge on any atom is -0.481 e. The predicted octanol–water partition coefficient (Wildman–Crippen LogP) is 0.524. The van der Waals surface area contributed by atoms with Gasteiger partial charge in [-0.25, -0.2) is 0 Å². The van der Waals surface area contributed by atoms with E-state index in [-0.39, 0.29) is 18.9 Å². The van der Waals surface area contributed by atoms with Gasteiger partial charge in [0.1, 0.15) is 0 Å². The standard InChI is InChI=1S/C7H7.C6H12O2.Li/c1-7-5-3-2-4-6-7;1-2-3-4-5-6(7)8;/h2-6H,1H2;2-5H2,1H3,(H,7,8);/q-1;;+1. The van der Waals surface area contributed by atoms with E-state index in [1.54, 1.807) is 0 Å². The van der Waals surface area contributed by atoms with Crippen LogP contribution in [0.4, 0.5) is 0 Å². The molecule has 3 heteroatoms. The van der Waals surface area contributed by atoms with Gasteiger partial charge >= 0.3 is 24.8 Å². The SMILES string of the molecule is CCCCCC(=O)O.[CH2-]c1ccccc1.[Li+]. The van der Waals surface area contributed by atoms with Gasteiger partial charge in [-0.15, -0.1) is 12.1 Å². The van der Waals surface area contributed by atoms with Gasteiger partial charge in [0.2, 0.25) is 0 Å². The van der Waals surface area contributed by atoms with Crippen LogP contribution in [-0.2, 0) is 4.79 Å². The summed E-state index contributed by atoms with van der Waals surface area (Å²) >= 11 is 0. The second kappa shape index (κ2) is 12.2. The predicted molar refractivity (Wildman–Crippen MR) is 62.7 cm³/mol. The maximum Gasteiger partial charge on any atom is 1.00 e. The smallest absolute Gasteiger partial charge is 0.481 e. The Labute approximate surface area is 110 Å². The molecular weight excluding hydrogens is 195 g/mol. The van der Waals surface area contributed by atoms with Crippen molar-refractivity contribution in [2.45, 2.75) is 32.6 Å². The molecule has 2 nitrogen and oxygen atoms in total. The van der Waals surface area contributed by atoms with Crippen LogP contribution in [0.25, 0.3) is 0 Å². The fourth-order valence-electron chi connectivity index (χ4n) is 1.00. The second-order valence-corrected chi connectivity index (χ2v) is 3.34. The third-order valence-electron chi connectivity index (χ3n) is 1.84. The molecule has 0 radical (unpaired) electrons. The Kier molecular flexibility index (Phi) is 13.4. The zero-order chi connectivity index (χ0) is 11.5. The molecule has 0 fully saturated rings. The first-order valence-electron chi connectivity index (χ1n) is 5.25. The Bertz CT molecular complexity index is 260. The van der Waals surface area contributed by atoms with E-state index >= 15 is 0 Å². The largest absolute Gasteiger partial charge is 1.00 e. The molecule has 0 aliphatic carbocycles. The summed E-state index contributed by atoms with van der Waals surface area (Å²) in [6.07, 6.45) is 3.28. The van der Waals surface area contributed by atoms with Crippen LogP contribution in [-0.4, -0.2) is 11.1 Å². The van der Waals surface area contributed by atoms with E-state index in [0.717, 1.165) is 24.8 Å². The molecule has 0 aromatic heterocycles. The topological polar surface area (TPSA) is 37.3 Å². The first kappa shape index (κ1) is 17.5. The molecule has 0 amide bonds. The van der Waals surface area contributed by atoms with Gasteiger partial charge in [-0.2, -0.15) is 24.6 Å². The first-order chi connectivity index (χ1) is 7.16. The summed E-state index contributed by atoms with van der Waals surface area (Å²) in [6.45, 7) is 5.78. The van der Waals surface area contributed by atoms with Crippen LogP contribution in [0.1, 0.15) is 38.2 Å². The monoisotopic (exact) mass is 214 g/mol. The molecule has 1 N–H and O–H groups in total. The molecule has 16 heavy (non-hydrogen) atoms. The van der Waals surface area contributed by atoms with Crippen molar-refractivity contribution in [1.29, 1.82) is 0 Å². The van der Waals surface area contributed by atoms with Gasteiger partial charge in [-0.05, 0) is 6.42 Å². The zero-order valence-electron chi connectivity index (χ0n) is 10.3. The number of carboxylic acids is 1. The Morgan fingerprint density at radius 2 is 1.81 bits per heavy atom. The van der Waals surface area contributed by atoms with Crippen molar-refractivity contribution in [3.63, 3.8) is 0 Å². The maximum atomic E-state index is 9.87. The van der Waals surface area contributed by atoms with Gasteiger partial charge in [0.05, 0.1) is 0 Å². The average Bonchev–Trinajstić information content (AvgIpc) is 2.20. The van der Waals surface area contributed by atoms with Gasteiger partial charge in [-0.1, -0.05) is 25.8 Å². The van der Waals surface area contributed by atoms with Gasteiger partial charge < -0.3 is 5.11 Å². The molecule has 0 spiro atoms. The number of carboxylic acid groups (broad SMARTS) is 1. The third-order valence-corrected chi connectivity index (χ3v) is 1.84. The van der Waals surface area contributed by atoms with E-state index in [2.05, 4.69) is 13.8 Å². The van der Waals surface area contributed by atoms with Crippen LogP contribution in [0.15, 0.2) is 30.3 Å². The molecule has 0 saturated carbocycles. The number of rotatable bonds is 4. The summed E-state index contributed by atoms with van der Waals surface area (Å²) in [5, 5.41) is 8.14. The molecule has 1 aromatic rings. The van der Waals surface area contributed by atoms with Crippen molar-refractivity contribution in [1.82, 2.24) is 0 Å². The van der Waals surface area contributed by atoms with Crippen molar-refractivity contribution in [3.8, 4) is 0 Å². The molecule has 84 valence electrons. The molecule has 1 rings (SSSR count). The number of aliphatic carboxylic acids is 1. The van der Waals surface area contributed by atoms with E-state index in [9.17, 15) is 4.79 Å². The average molecular weight is 214 g/mol. The van der Waals surface area contributed by atoms with Gasteiger partial charge in [0.25, 0.3) is 0 Å². The van der Waals surface area contributed by atoms with Crippen LogP contribution in [0.5, 0.6) is 0 Å². The van der Waals surface area contributed by atoms with Crippen LogP contribution >= 0.6 is 0 Å². The normalized spacial score (nSPS) is 8.31. The Hall–Kier alpha value is -0.843. The molecule has 0 bridgehead atoms. The minimum atomic E-state index is -0.682. The van der Waals surface area contributed by atoms with Gasteiger partial charge in [0, 0.05) is 6.42 Å². The van der Waals surface area contributed by atoms with Crippen LogP contribution in [0, 0.1) is 6.92 Å². The van der Waals surface area contributed by atoms with E-state index in [0.29, 0.717) is 6.42 Å². The van der Waals surface area contributed by atoms with E-state index in [1.165, 1.54) is 0 Å². The number of hydrogen-bond donors (Lipinski definition) is 1. The van der Waals surface area contributed by atoms with Crippen molar-refractivity contribution in [3.05, 3.63) is 42.8 Å². The van der Waals surface area contributed by atoms with Crippen molar-refractivity contribution in [2.24, 2.45) is 0 Å². The van der Waals surface area contributed by atoms with Crippen LogP contribution in [0.2, 0.25) is 0 Å². The number of hydrogen-bond acceptors (Lipinski definition) is 1. The van der Waals surface area contributed by atoms with Gasteiger partial charge in [-0.3, -0.25) is 4.79 Å². The van der Waals surface area contributed by atoms with Crippen LogP contribution in [0.3, 0.4) is 0 Å². The molecule has 0 aliphatic rings.